The Balaban J connectivity index is -0.0000000907. The number of rotatable bonds is 0. The first-order valence-corrected chi connectivity index (χ1v) is 8.49. The van der Waals surface area contributed by atoms with E-state index in [1.54, 1.807) is 28.2 Å². The summed E-state index contributed by atoms with van der Waals surface area (Å²) in [7, 11) is -3.13. The molecule has 0 fully saturated rings. The predicted octanol–water partition coefficient (Wildman–Crippen LogP) is -12.0. The first-order valence-electron chi connectivity index (χ1n) is 6.02. The Labute approximate surface area is 183 Å². The van der Waals surface area contributed by atoms with Crippen LogP contribution in [-0.4, -0.2) is 61.8 Å². The Morgan fingerprint density at radius 2 is 0.759 bits per heavy atom. The van der Waals surface area contributed by atoms with Crippen LogP contribution in [-0.2, 0) is 19.5 Å². The molecule has 0 aliphatic carbocycles. The normalized spacial score (nSPS) is 9.24. The van der Waals surface area contributed by atoms with Crippen LogP contribution in [0.1, 0.15) is 0 Å². The van der Waals surface area contributed by atoms with Crippen molar-refractivity contribution in [1.29, 1.82) is 10.8 Å². The van der Waals surface area contributed by atoms with E-state index in [4.69, 9.17) is 71.0 Å². The number of nitrogens with one attached hydrogen (secondary N) is 2. The molecule has 0 rings (SSSR count). The van der Waals surface area contributed by atoms with Crippen molar-refractivity contribution in [1.82, 2.24) is 9.80 Å². The average Bonchev–Trinajstić information content (AvgIpc) is 2.33. The van der Waals surface area contributed by atoms with Gasteiger partial charge in [0.05, 0.1) is 0 Å². The fourth-order valence-corrected chi connectivity index (χ4v) is 0.445. The maximum atomic E-state index is 8.49. The summed E-state index contributed by atoms with van der Waals surface area (Å²) in [4.78, 5) is 9.92. The van der Waals surface area contributed by atoms with Gasteiger partial charge < -0.3 is 32.7 Å². The summed E-state index contributed by atoms with van der Waals surface area (Å²) in [6, 6.07) is 0. The van der Waals surface area contributed by atoms with Crippen molar-refractivity contribution >= 4 is 23.8 Å². The molecule has 0 saturated heterocycles. The molecule has 18 nitrogen and oxygen atoms in total. The van der Waals surface area contributed by atoms with Gasteiger partial charge >= 0.3 is 19.5 Å². The number of halogens is 2. The van der Waals surface area contributed by atoms with Crippen molar-refractivity contribution < 1.29 is 77.2 Å². The van der Waals surface area contributed by atoms with Gasteiger partial charge in [0, 0.05) is 28.2 Å². The molecule has 0 heterocycles. The SMILES string of the molecule is CN(C)C(=N)N=C(N)N.CN(C)C(=N)N=C(N)N.[O-][Cl+3]([O-])([O-])[O-].[O-][Cl+3]([O-])([O-])[O-].[Zn+2]. The number of nitrogens with two attached hydrogens (primary N) is 4. The molecule has 0 spiro atoms. The summed E-state index contributed by atoms with van der Waals surface area (Å²) in [5, 5.41) is 14.1. The van der Waals surface area contributed by atoms with Gasteiger partial charge in [0.15, 0.2) is 11.9 Å². The first kappa shape index (κ1) is 38.0. The van der Waals surface area contributed by atoms with Gasteiger partial charge in [-0.25, -0.2) is 37.3 Å². The third-order valence-corrected chi connectivity index (χ3v) is 1.32. The topological polar surface area (TPSA) is 367 Å². The van der Waals surface area contributed by atoms with Crippen LogP contribution in [0.3, 0.4) is 0 Å². The van der Waals surface area contributed by atoms with Crippen LogP contribution in [0.15, 0.2) is 9.98 Å². The van der Waals surface area contributed by atoms with E-state index in [1.807, 2.05) is 0 Å². The zero-order valence-electron chi connectivity index (χ0n) is 15.8. The van der Waals surface area contributed by atoms with E-state index in [0.29, 0.717) is 0 Å². The van der Waals surface area contributed by atoms with Gasteiger partial charge in [0.1, 0.15) is 0 Å². The fourth-order valence-electron chi connectivity index (χ4n) is 0.445. The maximum absolute atomic E-state index is 8.49. The van der Waals surface area contributed by atoms with E-state index >= 15 is 0 Å². The molecule has 0 aromatic heterocycles. The predicted molar refractivity (Wildman–Crippen MR) is 74.4 cm³/mol. The van der Waals surface area contributed by atoms with E-state index in [2.05, 4.69) is 9.98 Å². The van der Waals surface area contributed by atoms with E-state index in [1.165, 1.54) is 9.80 Å². The van der Waals surface area contributed by atoms with Gasteiger partial charge in [0.2, 0.25) is 11.9 Å². The summed E-state index contributed by atoms with van der Waals surface area (Å²) in [6.07, 6.45) is 0. The van der Waals surface area contributed by atoms with E-state index < -0.39 is 20.5 Å². The molecule has 0 unspecified atom stereocenters. The Hall–Kier alpha value is -1.64. The summed E-state index contributed by atoms with van der Waals surface area (Å²) in [6.45, 7) is 0. The Morgan fingerprint density at radius 3 is 0.793 bits per heavy atom. The molecule has 168 valence electrons. The van der Waals surface area contributed by atoms with Gasteiger partial charge in [-0.2, -0.15) is 9.98 Å². The molecule has 0 bridgehead atoms. The molecule has 0 aromatic rings. The van der Waals surface area contributed by atoms with Crippen LogP contribution in [0.25, 0.3) is 0 Å². The third kappa shape index (κ3) is 75.9. The monoisotopic (exact) mass is 520 g/mol. The molecular formula is C8H22Cl2N10O8Zn. The van der Waals surface area contributed by atoms with Gasteiger partial charge in [-0.1, -0.05) is 0 Å². The molecule has 0 aromatic carbocycles. The fraction of sp³-hybridized carbons (Fsp3) is 0.500. The van der Waals surface area contributed by atoms with E-state index in [-0.39, 0.29) is 43.3 Å². The Bertz CT molecular complexity index is 457. The van der Waals surface area contributed by atoms with Crippen LogP contribution in [0.4, 0.5) is 0 Å². The van der Waals surface area contributed by atoms with Crippen LogP contribution < -0.4 is 60.2 Å². The molecule has 0 aliphatic heterocycles. The zero-order chi connectivity index (χ0) is 23.9. The Morgan fingerprint density at radius 1 is 0.621 bits per heavy atom. The molecule has 0 radical (unpaired) electrons. The number of hydrogen-bond acceptors (Lipinski definition) is 10. The van der Waals surface area contributed by atoms with Crippen LogP contribution >= 0.6 is 0 Å². The second-order valence-corrected chi connectivity index (χ2v) is 5.78. The second-order valence-electron chi connectivity index (χ2n) is 4.27. The molecule has 0 saturated carbocycles. The second kappa shape index (κ2) is 18.4. The van der Waals surface area contributed by atoms with E-state index in [0.717, 1.165) is 0 Å². The number of aliphatic imine (C=N–C) groups is 2. The van der Waals surface area contributed by atoms with Crippen molar-refractivity contribution in [2.45, 2.75) is 0 Å². The van der Waals surface area contributed by atoms with Crippen molar-refractivity contribution in [2.24, 2.45) is 32.9 Å². The standard InChI is InChI=1S/2C4H11N5.2ClHO4.Zn/c2*1-9(2)4(7)8-3(5)6;2*2-1(3,4)5;/h2*1-2H3,(H5,5,6,7,8);2*(H,2,3,4,5);/q;;;;+2/p-2. The number of hydrogen-bond donors (Lipinski definition) is 6. The quantitative estimate of drug-likeness (QED) is 0.0976. The van der Waals surface area contributed by atoms with Crippen LogP contribution in [0.2, 0.25) is 0 Å². The first-order chi connectivity index (χ1) is 12.1. The zero-order valence-corrected chi connectivity index (χ0v) is 20.3. The summed E-state index contributed by atoms with van der Waals surface area (Å²) in [5.74, 6) is -0.0765. The van der Waals surface area contributed by atoms with Crippen LogP contribution in [0.5, 0.6) is 0 Å². The molecule has 29 heavy (non-hydrogen) atoms. The van der Waals surface area contributed by atoms with Crippen molar-refractivity contribution in [3.8, 4) is 0 Å². The smallest absolute Gasteiger partial charge is 0.370 e. The number of nitrogens with zero attached hydrogens (tertiary/aromatic N) is 4. The summed E-state index contributed by atoms with van der Waals surface area (Å²) < 4.78 is 67.9. The maximum Gasteiger partial charge on any atom is 2.00 e. The molecule has 10 N–H and O–H groups in total. The molecule has 21 heteroatoms. The largest absolute Gasteiger partial charge is 2.00 e. The Kier molecular flexibility index (Phi) is 24.1. The van der Waals surface area contributed by atoms with Crippen molar-refractivity contribution in [3.05, 3.63) is 0 Å². The molecule has 0 atom stereocenters. The number of guanidine groups is 4. The molecular weight excluding hydrogens is 500 g/mol. The minimum atomic E-state index is -4.94. The van der Waals surface area contributed by atoms with Crippen LogP contribution in [0, 0.1) is 31.3 Å². The summed E-state index contributed by atoms with van der Waals surface area (Å²) >= 11 is 0. The minimum Gasteiger partial charge on any atom is -0.370 e. The van der Waals surface area contributed by atoms with Crippen molar-refractivity contribution in [2.75, 3.05) is 28.2 Å². The minimum absolute atomic E-state index is 0. The van der Waals surface area contributed by atoms with Gasteiger partial charge in [-0.15, -0.1) is 20.5 Å². The van der Waals surface area contributed by atoms with Gasteiger partial charge in [0.25, 0.3) is 0 Å². The third-order valence-electron chi connectivity index (χ3n) is 1.32. The van der Waals surface area contributed by atoms with Gasteiger partial charge in [-0.3, -0.25) is 10.8 Å². The van der Waals surface area contributed by atoms with Crippen molar-refractivity contribution in [3.63, 3.8) is 0 Å². The average molecular weight is 523 g/mol. The molecule has 0 aliphatic rings. The van der Waals surface area contributed by atoms with Gasteiger partial charge in [-0.05, 0) is 0 Å². The molecule has 0 amide bonds. The summed E-state index contributed by atoms with van der Waals surface area (Å²) in [5.41, 5.74) is 20.0. The van der Waals surface area contributed by atoms with E-state index in [9.17, 15) is 0 Å².